The molecular weight excluding hydrogens is 230 g/mol. The highest BCUT2D eigenvalue weighted by Crippen LogP contribution is 2.39. The summed E-state index contributed by atoms with van der Waals surface area (Å²) in [6, 6.07) is 6.32. The summed E-state index contributed by atoms with van der Waals surface area (Å²) in [7, 11) is 0. The second kappa shape index (κ2) is 4.80. The zero-order chi connectivity index (χ0) is 14.2. The molecule has 0 amide bonds. The van der Waals surface area contributed by atoms with Crippen LogP contribution in [0.2, 0.25) is 0 Å². The fraction of sp³-hybridized carbons (Fsp3) is 0.389. The van der Waals surface area contributed by atoms with Crippen LogP contribution in [-0.2, 0) is 5.41 Å². The van der Waals surface area contributed by atoms with Gasteiger partial charge in [0.25, 0.3) is 0 Å². The molecule has 1 aromatic rings. The minimum absolute atomic E-state index is 0.0954. The fourth-order valence-corrected chi connectivity index (χ4v) is 2.86. The third kappa shape index (κ3) is 2.56. The van der Waals surface area contributed by atoms with Crippen LogP contribution in [0.3, 0.4) is 0 Å². The molecule has 0 spiro atoms. The summed E-state index contributed by atoms with van der Waals surface area (Å²) in [6.07, 6.45) is 4.76. The first-order valence-electron chi connectivity index (χ1n) is 6.86. The lowest BCUT2D eigenvalue weighted by Crippen LogP contribution is -2.15. The SMILES string of the molecule is CC1=CC(C)=C(c2c(C=N)cccc2C(C)(C)C)C1. The van der Waals surface area contributed by atoms with Gasteiger partial charge < -0.3 is 5.41 Å². The van der Waals surface area contributed by atoms with Crippen LogP contribution in [0.15, 0.2) is 35.4 Å². The second-order valence-electron chi connectivity index (χ2n) is 6.49. The van der Waals surface area contributed by atoms with E-state index in [0.29, 0.717) is 0 Å². The van der Waals surface area contributed by atoms with Crippen LogP contribution in [0.25, 0.3) is 5.57 Å². The van der Waals surface area contributed by atoms with E-state index in [-0.39, 0.29) is 5.41 Å². The van der Waals surface area contributed by atoms with Crippen LogP contribution in [0, 0.1) is 5.41 Å². The molecule has 0 fully saturated rings. The summed E-state index contributed by atoms with van der Waals surface area (Å²) in [5, 5.41) is 7.70. The average Bonchev–Trinajstić information content (AvgIpc) is 2.66. The van der Waals surface area contributed by atoms with Gasteiger partial charge in [-0.05, 0) is 53.5 Å². The molecule has 1 aromatic carbocycles. The highest BCUT2D eigenvalue weighted by molar-refractivity contribution is 5.91. The van der Waals surface area contributed by atoms with E-state index in [1.807, 2.05) is 6.07 Å². The van der Waals surface area contributed by atoms with Crippen molar-refractivity contribution in [1.29, 1.82) is 5.41 Å². The van der Waals surface area contributed by atoms with Crippen LogP contribution < -0.4 is 0 Å². The Balaban J connectivity index is 2.69. The van der Waals surface area contributed by atoms with Crippen molar-refractivity contribution in [1.82, 2.24) is 0 Å². The van der Waals surface area contributed by atoms with Crippen LogP contribution >= 0.6 is 0 Å². The van der Waals surface area contributed by atoms with E-state index in [1.54, 1.807) is 0 Å². The Bertz CT molecular complexity index is 580. The normalized spacial score (nSPS) is 15.7. The second-order valence-corrected chi connectivity index (χ2v) is 6.49. The van der Waals surface area contributed by atoms with Crippen molar-refractivity contribution in [3.8, 4) is 0 Å². The third-order valence-electron chi connectivity index (χ3n) is 3.76. The van der Waals surface area contributed by atoms with E-state index in [9.17, 15) is 0 Å². The van der Waals surface area contributed by atoms with E-state index >= 15 is 0 Å². The van der Waals surface area contributed by atoms with Gasteiger partial charge in [-0.2, -0.15) is 0 Å². The molecule has 0 saturated carbocycles. The molecule has 1 aliphatic rings. The Labute approximate surface area is 116 Å². The Kier molecular flexibility index (Phi) is 3.49. The van der Waals surface area contributed by atoms with Gasteiger partial charge in [-0.1, -0.05) is 50.6 Å². The van der Waals surface area contributed by atoms with Crippen LogP contribution in [-0.4, -0.2) is 6.21 Å². The molecule has 0 saturated heterocycles. The Morgan fingerprint density at radius 2 is 1.84 bits per heavy atom. The Morgan fingerprint density at radius 3 is 2.32 bits per heavy atom. The number of nitrogens with one attached hydrogen (secondary N) is 1. The molecule has 1 heteroatoms. The fourth-order valence-electron chi connectivity index (χ4n) is 2.86. The lowest BCUT2D eigenvalue weighted by atomic mass is 9.79. The molecule has 1 N–H and O–H groups in total. The van der Waals surface area contributed by atoms with Crippen molar-refractivity contribution in [2.24, 2.45) is 0 Å². The quantitative estimate of drug-likeness (QED) is 0.709. The summed E-state index contributed by atoms with van der Waals surface area (Å²) in [5.74, 6) is 0. The van der Waals surface area contributed by atoms with Crippen LogP contribution in [0.5, 0.6) is 0 Å². The third-order valence-corrected chi connectivity index (χ3v) is 3.76. The van der Waals surface area contributed by atoms with Gasteiger partial charge in [0.05, 0.1) is 0 Å². The maximum absolute atomic E-state index is 7.70. The summed E-state index contributed by atoms with van der Waals surface area (Å²) in [4.78, 5) is 0. The number of hydrogen-bond donors (Lipinski definition) is 1. The average molecular weight is 253 g/mol. The van der Waals surface area contributed by atoms with Gasteiger partial charge in [0.1, 0.15) is 0 Å². The summed E-state index contributed by atoms with van der Waals surface area (Å²) >= 11 is 0. The van der Waals surface area contributed by atoms with Crippen LogP contribution in [0.4, 0.5) is 0 Å². The van der Waals surface area contributed by atoms with Crippen molar-refractivity contribution in [3.05, 3.63) is 52.1 Å². The van der Waals surface area contributed by atoms with Gasteiger partial charge in [0.15, 0.2) is 0 Å². The lowest BCUT2D eigenvalue weighted by molar-refractivity contribution is 0.588. The molecule has 0 heterocycles. The minimum atomic E-state index is 0.0954. The Hall–Kier alpha value is -1.63. The highest BCUT2D eigenvalue weighted by Gasteiger charge is 2.24. The molecule has 1 aliphatic carbocycles. The molecule has 0 unspecified atom stereocenters. The van der Waals surface area contributed by atoms with E-state index in [2.05, 4.69) is 52.8 Å². The topological polar surface area (TPSA) is 23.9 Å². The van der Waals surface area contributed by atoms with Gasteiger partial charge in [0.2, 0.25) is 0 Å². The number of rotatable bonds is 2. The predicted octanol–water partition coefficient (Wildman–Crippen LogP) is 5.11. The van der Waals surface area contributed by atoms with Gasteiger partial charge >= 0.3 is 0 Å². The molecule has 2 rings (SSSR count). The largest absolute Gasteiger partial charge is 0.308 e. The van der Waals surface area contributed by atoms with Crippen molar-refractivity contribution in [2.75, 3.05) is 0 Å². The molecule has 0 aliphatic heterocycles. The van der Waals surface area contributed by atoms with Crippen molar-refractivity contribution in [3.63, 3.8) is 0 Å². The van der Waals surface area contributed by atoms with Crippen molar-refractivity contribution >= 4 is 11.8 Å². The van der Waals surface area contributed by atoms with E-state index in [0.717, 1.165) is 12.0 Å². The number of benzene rings is 1. The summed E-state index contributed by atoms with van der Waals surface area (Å²) in [5.41, 5.74) is 7.88. The van der Waals surface area contributed by atoms with Gasteiger partial charge in [-0.15, -0.1) is 0 Å². The highest BCUT2D eigenvalue weighted by atomic mass is 14.4. The first-order chi connectivity index (χ1) is 8.84. The van der Waals surface area contributed by atoms with Crippen LogP contribution in [0.1, 0.15) is 57.7 Å². The minimum Gasteiger partial charge on any atom is -0.308 e. The summed E-state index contributed by atoms with van der Waals surface area (Å²) in [6.45, 7) is 11.1. The first kappa shape index (κ1) is 13.8. The monoisotopic (exact) mass is 253 g/mol. The standard InChI is InChI=1S/C18H23N/c1-12-9-13(2)15(10-12)17-14(11-19)7-6-8-16(17)18(3,4)5/h6-9,11,19H,10H2,1-5H3. The predicted molar refractivity (Wildman–Crippen MR) is 84.0 cm³/mol. The molecule has 100 valence electrons. The zero-order valence-corrected chi connectivity index (χ0v) is 12.6. The van der Waals surface area contributed by atoms with E-state index in [4.69, 9.17) is 5.41 Å². The first-order valence-corrected chi connectivity index (χ1v) is 6.86. The summed E-state index contributed by atoms with van der Waals surface area (Å²) < 4.78 is 0. The molecule has 0 bridgehead atoms. The van der Waals surface area contributed by atoms with Crippen molar-refractivity contribution < 1.29 is 0 Å². The molecule has 1 nitrogen and oxygen atoms in total. The number of allylic oxidation sites excluding steroid dienone is 4. The molecule has 0 aromatic heterocycles. The van der Waals surface area contributed by atoms with E-state index < -0.39 is 0 Å². The smallest absolute Gasteiger partial charge is 0.0256 e. The van der Waals surface area contributed by atoms with Gasteiger partial charge in [-0.25, -0.2) is 0 Å². The maximum Gasteiger partial charge on any atom is 0.0256 e. The van der Waals surface area contributed by atoms with Gasteiger partial charge in [0, 0.05) is 6.21 Å². The van der Waals surface area contributed by atoms with E-state index in [1.165, 1.54) is 34.1 Å². The van der Waals surface area contributed by atoms with Gasteiger partial charge in [-0.3, -0.25) is 0 Å². The maximum atomic E-state index is 7.70. The van der Waals surface area contributed by atoms with Crippen molar-refractivity contribution in [2.45, 2.75) is 46.5 Å². The lowest BCUT2D eigenvalue weighted by Gasteiger charge is -2.25. The molecule has 0 atom stereocenters. The zero-order valence-electron chi connectivity index (χ0n) is 12.6. The molecule has 0 radical (unpaired) electrons. The molecular formula is C18H23N. The number of hydrogen-bond acceptors (Lipinski definition) is 1. The molecule has 19 heavy (non-hydrogen) atoms. The Morgan fingerprint density at radius 1 is 1.16 bits per heavy atom.